The molecule has 0 atom stereocenters. The number of fused-ring (bicyclic) bond motifs is 1. The van der Waals surface area contributed by atoms with E-state index in [1.807, 2.05) is 42.5 Å². The molecule has 2 heterocycles. The average Bonchev–Trinajstić information content (AvgIpc) is 2.69. The predicted molar refractivity (Wildman–Crippen MR) is 104 cm³/mol. The number of nitrogens with one attached hydrogen (secondary N) is 2. The van der Waals surface area contributed by atoms with Crippen LogP contribution in [0.5, 0.6) is 5.75 Å². The molecule has 0 bridgehead atoms. The molecule has 0 spiro atoms. The Morgan fingerprint density at radius 1 is 1.12 bits per heavy atom. The van der Waals surface area contributed by atoms with Crippen LogP contribution >= 0.6 is 0 Å². The molecule has 0 aliphatic carbocycles. The van der Waals surface area contributed by atoms with Crippen LogP contribution in [0, 0.1) is 12.3 Å². The van der Waals surface area contributed by atoms with Crippen LogP contribution in [0.1, 0.15) is 18.4 Å². The Labute approximate surface area is 152 Å². The minimum Gasteiger partial charge on any atom is -0.490 e. The molecule has 5 nitrogen and oxygen atoms in total. The number of anilines is 2. The van der Waals surface area contributed by atoms with E-state index in [1.54, 1.807) is 6.33 Å². The summed E-state index contributed by atoms with van der Waals surface area (Å²) >= 11 is 0. The van der Waals surface area contributed by atoms with Gasteiger partial charge in [-0.2, -0.15) is 0 Å². The quantitative estimate of drug-likeness (QED) is 0.710. The summed E-state index contributed by atoms with van der Waals surface area (Å²) in [6.07, 6.45) is 9.34. The van der Waals surface area contributed by atoms with E-state index in [9.17, 15) is 0 Å². The van der Waals surface area contributed by atoms with Crippen LogP contribution in [0.4, 0.5) is 11.5 Å². The molecule has 4 rings (SSSR count). The summed E-state index contributed by atoms with van der Waals surface area (Å²) in [7, 11) is 0. The molecule has 0 radical (unpaired) electrons. The third-order valence-corrected chi connectivity index (χ3v) is 4.49. The van der Waals surface area contributed by atoms with E-state index in [1.165, 1.54) is 0 Å². The molecule has 26 heavy (non-hydrogen) atoms. The first-order valence-corrected chi connectivity index (χ1v) is 8.78. The second kappa shape index (κ2) is 7.42. The fraction of sp³-hybridized carbons (Fsp3) is 0.238. The summed E-state index contributed by atoms with van der Waals surface area (Å²) < 4.78 is 6.16. The van der Waals surface area contributed by atoms with Crippen LogP contribution in [0.3, 0.4) is 0 Å². The van der Waals surface area contributed by atoms with Crippen LogP contribution in [0.15, 0.2) is 48.8 Å². The zero-order valence-electron chi connectivity index (χ0n) is 14.4. The van der Waals surface area contributed by atoms with Gasteiger partial charge in [-0.3, -0.25) is 0 Å². The van der Waals surface area contributed by atoms with Gasteiger partial charge in [-0.25, -0.2) is 9.97 Å². The molecule has 1 aliphatic rings. The third kappa shape index (κ3) is 3.61. The first-order chi connectivity index (χ1) is 12.8. The van der Waals surface area contributed by atoms with Crippen molar-refractivity contribution in [3.8, 4) is 18.1 Å². The normalized spacial score (nSPS) is 14.7. The largest absolute Gasteiger partial charge is 0.490 e. The lowest BCUT2D eigenvalue weighted by atomic mass is 10.1. The maximum atomic E-state index is 6.16. The van der Waals surface area contributed by atoms with Gasteiger partial charge in [0.1, 0.15) is 24.0 Å². The number of benzene rings is 2. The number of nitrogens with zero attached hydrogens (tertiary/aromatic N) is 2. The van der Waals surface area contributed by atoms with Gasteiger partial charge in [0.15, 0.2) is 0 Å². The van der Waals surface area contributed by atoms with Crippen molar-refractivity contribution in [2.45, 2.75) is 18.9 Å². The van der Waals surface area contributed by atoms with E-state index in [0.717, 1.165) is 59.7 Å². The van der Waals surface area contributed by atoms with Gasteiger partial charge in [-0.05, 0) is 62.3 Å². The van der Waals surface area contributed by atoms with Gasteiger partial charge < -0.3 is 15.4 Å². The van der Waals surface area contributed by atoms with Crippen LogP contribution in [0.25, 0.3) is 10.9 Å². The highest BCUT2D eigenvalue weighted by molar-refractivity contribution is 5.91. The summed E-state index contributed by atoms with van der Waals surface area (Å²) in [6.45, 7) is 2.00. The fourth-order valence-electron chi connectivity index (χ4n) is 3.14. The molecule has 1 aromatic heterocycles. The monoisotopic (exact) mass is 344 g/mol. The molecule has 1 fully saturated rings. The van der Waals surface area contributed by atoms with Gasteiger partial charge in [0, 0.05) is 16.6 Å². The molecule has 3 aromatic rings. The highest BCUT2D eigenvalue weighted by Gasteiger charge is 2.15. The molecule has 5 heteroatoms. The van der Waals surface area contributed by atoms with E-state index in [-0.39, 0.29) is 6.10 Å². The lowest BCUT2D eigenvalue weighted by molar-refractivity contribution is 0.162. The molecular weight excluding hydrogens is 324 g/mol. The van der Waals surface area contributed by atoms with Gasteiger partial charge in [0.2, 0.25) is 0 Å². The Hall–Kier alpha value is -3.10. The molecule has 1 saturated heterocycles. The van der Waals surface area contributed by atoms with E-state index in [0.29, 0.717) is 0 Å². The second-order valence-electron chi connectivity index (χ2n) is 6.32. The number of terminal acetylenes is 1. The molecule has 130 valence electrons. The minimum atomic E-state index is 0.252. The fourth-order valence-corrected chi connectivity index (χ4v) is 3.14. The maximum absolute atomic E-state index is 6.16. The van der Waals surface area contributed by atoms with Gasteiger partial charge in [0.25, 0.3) is 0 Å². The predicted octanol–water partition coefficient (Wildman–Crippen LogP) is 3.49. The molecule has 0 amide bonds. The lowest BCUT2D eigenvalue weighted by Gasteiger charge is -2.24. The van der Waals surface area contributed by atoms with Crippen molar-refractivity contribution in [3.05, 3.63) is 54.4 Å². The third-order valence-electron chi connectivity index (χ3n) is 4.49. The number of piperidine rings is 1. The lowest BCUT2D eigenvalue weighted by Crippen LogP contribution is -2.34. The van der Waals surface area contributed by atoms with Crippen molar-refractivity contribution in [3.63, 3.8) is 0 Å². The SMILES string of the molecule is C#Cc1cccc(Nc2ncnc3ccc(OC4CCNCC4)cc23)c1. The smallest absolute Gasteiger partial charge is 0.141 e. The summed E-state index contributed by atoms with van der Waals surface area (Å²) in [4.78, 5) is 8.76. The van der Waals surface area contributed by atoms with E-state index in [4.69, 9.17) is 11.2 Å². The molecule has 2 N–H and O–H groups in total. The maximum Gasteiger partial charge on any atom is 0.141 e. The number of rotatable bonds is 4. The van der Waals surface area contributed by atoms with E-state index in [2.05, 4.69) is 26.5 Å². The summed E-state index contributed by atoms with van der Waals surface area (Å²) in [5, 5.41) is 7.61. The van der Waals surface area contributed by atoms with Crippen molar-refractivity contribution in [2.75, 3.05) is 18.4 Å². The molecule has 0 saturated carbocycles. The number of ether oxygens (including phenoxy) is 1. The molecular formula is C21H20N4O. The van der Waals surface area contributed by atoms with Crippen LogP contribution in [0.2, 0.25) is 0 Å². The number of hydrogen-bond donors (Lipinski definition) is 2. The second-order valence-corrected chi connectivity index (χ2v) is 6.32. The van der Waals surface area contributed by atoms with Crippen LogP contribution in [-0.4, -0.2) is 29.2 Å². The molecule has 1 aliphatic heterocycles. The summed E-state index contributed by atoms with van der Waals surface area (Å²) in [5.74, 6) is 4.23. The average molecular weight is 344 g/mol. The van der Waals surface area contributed by atoms with Crippen molar-refractivity contribution >= 4 is 22.4 Å². The Kier molecular flexibility index (Phi) is 4.67. The van der Waals surface area contributed by atoms with Crippen LogP contribution < -0.4 is 15.4 Å². The Bertz CT molecular complexity index is 958. The first kappa shape index (κ1) is 16.4. The van der Waals surface area contributed by atoms with Gasteiger partial charge in [-0.1, -0.05) is 12.0 Å². The summed E-state index contributed by atoms with van der Waals surface area (Å²) in [5.41, 5.74) is 2.58. The standard InChI is InChI=1S/C21H20N4O/c1-2-15-4-3-5-16(12-15)25-21-19-13-18(6-7-20(19)23-14-24-21)26-17-8-10-22-11-9-17/h1,3-7,12-14,17,22H,8-11H2,(H,23,24,25). The van der Waals surface area contributed by atoms with E-state index >= 15 is 0 Å². The number of aromatic nitrogens is 2. The van der Waals surface area contributed by atoms with E-state index < -0.39 is 0 Å². The summed E-state index contributed by atoms with van der Waals surface area (Å²) in [6, 6.07) is 13.6. The number of hydrogen-bond acceptors (Lipinski definition) is 5. The van der Waals surface area contributed by atoms with Gasteiger partial charge >= 0.3 is 0 Å². The Morgan fingerprint density at radius 2 is 2.00 bits per heavy atom. The minimum absolute atomic E-state index is 0.252. The van der Waals surface area contributed by atoms with Crippen molar-refractivity contribution in [2.24, 2.45) is 0 Å². The highest BCUT2D eigenvalue weighted by Crippen LogP contribution is 2.28. The zero-order valence-corrected chi connectivity index (χ0v) is 14.4. The Balaban J connectivity index is 1.63. The highest BCUT2D eigenvalue weighted by atomic mass is 16.5. The van der Waals surface area contributed by atoms with Crippen molar-refractivity contribution in [1.29, 1.82) is 0 Å². The van der Waals surface area contributed by atoms with Crippen molar-refractivity contribution in [1.82, 2.24) is 15.3 Å². The van der Waals surface area contributed by atoms with Gasteiger partial charge in [0.05, 0.1) is 5.52 Å². The zero-order chi connectivity index (χ0) is 17.8. The first-order valence-electron chi connectivity index (χ1n) is 8.78. The molecule has 2 aromatic carbocycles. The topological polar surface area (TPSA) is 59.1 Å². The Morgan fingerprint density at radius 3 is 2.85 bits per heavy atom. The van der Waals surface area contributed by atoms with Crippen LogP contribution in [-0.2, 0) is 0 Å². The van der Waals surface area contributed by atoms with Crippen molar-refractivity contribution < 1.29 is 4.74 Å². The van der Waals surface area contributed by atoms with Gasteiger partial charge in [-0.15, -0.1) is 6.42 Å². The molecule has 0 unspecified atom stereocenters.